The normalized spacial score (nSPS) is 10.3. The van der Waals surface area contributed by atoms with Crippen LogP contribution in [0.25, 0.3) is 11.1 Å². The maximum atomic E-state index is 13.6. The van der Waals surface area contributed by atoms with Gasteiger partial charge in [0.1, 0.15) is 11.0 Å². The lowest BCUT2D eigenvalue weighted by atomic mass is 10.1. The number of aromatic nitrogens is 1. The maximum absolute atomic E-state index is 13.6. The quantitative estimate of drug-likeness (QED) is 0.667. The van der Waals surface area contributed by atoms with Crippen LogP contribution >= 0.6 is 11.6 Å². The van der Waals surface area contributed by atoms with E-state index in [1.807, 2.05) is 13.0 Å². The van der Waals surface area contributed by atoms with Crippen LogP contribution < -0.4 is 0 Å². The fourth-order valence-corrected chi connectivity index (χ4v) is 1.60. The summed E-state index contributed by atoms with van der Waals surface area (Å²) in [5, 5.41) is 0.368. The van der Waals surface area contributed by atoms with Gasteiger partial charge >= 0.3 is 0 Å². The summed E-state index contributed by atoms with van der Waals surface area (Å²) in [4.78, 5) is 3.86. The zero-order chi connectivity index (χ0) is 10.8. The molecule has 1 nitrogen and oxygen atoms in total. The molecule has 15 heavy (non-hydrogen) atoms. The van der Waals surface area contributed by atoms with Crippen LogP contribution in [0.1, 0.15) is 5.56 Å². The first-order valence-corrected chi connectivity index (χ1v) is 4.93. The minimum Gasteiger partial charge on any atom is -0.245 e. The second-order valence-corrected chi connectivity index (χ2v) is 3.74. The van der Waals surface area contributed by atoms with Gasteiger partial charge in [-0.2, -0.15) is 0 Å². The molecule has 0 aliphatic carbocycles. The Morgan fingerprint density at radius 2 is 2.00 bits per heavy atom. The zero-order valence-corrected chi connectivity index (χ0v) is 8.92. The summed E-state index contributed by atoms with van der Waals surface area (Å²) >= 11 is 5.74. The van der Waals surface area contributed by atoms with E-state index in [-0.39, 0.29) is 5.82 Å². The molecule has 1 aromatic carbocycles. The van der Waals surface area contributed by atoms with Crippen molar-refractivity contribution < 1.29 is 4.39 Å². The van der Waals surface area contributed by atoms with Crippen LogP contribution in [0.5, 0.6) is 0 Å². The van der Waals surface area contributed by atoms with Gasteiger partial charge in [0.05, 0.1) is 0 Å². The number of benzene rings is 1. The van der Waals surface area contributed by atoms with Crippen LogP contribution in [0.15, 0.2) is 36.5 Å². The summed E-state index contributed by atoms with van der Waals surface area (Å²) in [6.45, 7) is 1.85. The highest BCUT2D eigenvalue weighted by Gasteiger charge is 2.05. The molecule has 0 atom stereocenters. The van der Waals surface area contributed by atoms with Gasteiger partial charge in [0.25, 0.3) is 0 Å². The Morgan fingerprint density at radius 1 is 1.20 bits per heavy atom. The van der Waals surface area contributed by atoms with Gasteiger partial charge in [-0.25, -0.2) is 9.37 Å². The molecule has 0 N–H and O–H groups in total. The van der Waals surface area contributed by atoms with Crippen molar-refractivity contribution in [1.82, 2.24) is 4.98 Å². The van der Waals surface area contributed by atoms with Gasteiger partial charge in [0, 0.05) is 11.8 Å². The highest BCUT2D eigenvalue weighted by molar-refractivity contribution is 6.29. The number of pyridine rings is 1. The smallest absolute Gasteiger partial charge is 0.131 e. The third kappa shape index (κ3) is 2.16. The van der Waals surface area contributed by atoms with E-state index in [0.29, 0.717) is 10.7 Å². The average Bonchev–Trinajstić information content (AvgIpc) is 2.17. The molecule has 0 bridgehead atoms. The van der Waals surface area contributed by atoms with Crippen molar-refractivity contribution in [2.24, 2.45) is 0 Å². The Morgan fingerprint density at radius 3 is 2.67 bits per heavy atom. The van der Waals surface area contributed by atoms with Crippen molar-refractivity contribution in [2.45, 2.75) is 6.92 Å². The fourth-order valence-electron chi connectivity index (χ4n) is 1.42. The molecule has 3 heteroatoms. The van der Waals surface area contributed by atoms with Crippen molar-refractivity contribution in [3.63, 3.8) is 0 Å². The average molecular weight is 222 g/mol. The Bertz CT molecular complexity index is 497. The molecule has 0 aliphatic rings. The van der Waals surface area contributed by atoms with Crippen LogP contribution in [-0.2, 0) is 0 Å². The molecular weight excluding hydrogens is 213 g/mol. The fraction of sp³-hybridized carbons (Fsp3) is 0.0833. The molecule has 0 fully saturated rings. The van der Waals surface area contributed by atoms with E-state index in [1.165, 1.54) is 6.07 Å². The molecule has 2 rings (SSSR count). The molecule has 76 valence electrons. The van der Waals surface area contributed by atoms with Gasteiger partial charge < -0.3 is 0 Å². The lowest BCUT2D eigenvalue weighted by Gasteiger charge is -2.04. The van der Waals surface area contributed by atoms with Gasteiger partial charge in [0.2, 0.25) is 0 Å². The minimum atomic E-state index is -0.239. The predicted octanol–water partition coefficient (Wildman–Crippen LogP) is 3.85. The van der Waals surface area contributed by atoms with E-state index >= 15 is 0 Å². The van der Waals surface area contributed by atoms with Gasteiger partial charge in [0.15, 0.2) is 0 Å². The van der Waals surface area contributed by atoms with Crippen LogP contribution in [-0.4, -0.2) is 4.98 Å². The van der Waals surface area contributed by atoms with E-state index in [4.69, 9.17) is 11.6 Å². The molecule has 0 saturated carbocycles. The summed E-state index contributed by atoms with van der Waals surface area (Å²) < 4.78 is 13.6. The molecule has 2 aromatic rings. The molecule has 1 heterocycles. The van der Waals surface area contributed by atoms with Gasteiger partial charge in [-0.3, -0.25) is 0 Å². The van der Waals surface area contributed by atoms with E-state index in [9.17, 15) is 4.39 Å². The largest absolute Gasteiger partial charge is 0.245 e. The monoisotopic (exact) mass is 221 g/mol. The topological polar surface area (TPSA) is 12.9 Å². The summed E-state index contributed by atoms with van der Waals surface area (Å²) in [7, 11) is 0. The van der Waals surface area contributed by atoms with E-state index in [1.54, 1.807) is 24.4 Å². The number of nitrogens with zero attached hydrogens (tertiary/aromatic N) is 1. The lowest BCUT2D eigenvalue weighted by Crippen LogP contribution is -1.86. The van der Waals surface area contributed by atoms with E-state index in [2.05, 4.69) is 4.98 Å². The summed E-state index contributed by atoms with van der Waals surface area (Å²) in [6.07, 6.45) is 1.57. The third-order valence-electron chi connectivity index (χ3n) is 2.16. The zero-order valence-electron chi connectivity index (χ0n) is 8.17. The highest BCUT2D eigenvalue weighted by Crippen LogP contribution is 2.24. The minimum absolute atomic E-state index is 0.239. The van der Waals surface area contributed by atoms with Crippen molar-refractivity contribution in [3.05, 3.63) is 53.1 Å². The van der Waals surface area contributed by atoms with Gasteiger partial charge in [-0.05, 0) is 36.2 Å². The summed E-state index contributed by atoms with van der Waals surface area (Å²) in [5.74, 6) is -0.239. The van der Waals surface area contributed by atoms with Crippen molar-refractivity contribution in [3.8, 4) is 11.1 Å². The van der Waals surface area contributed by atoms with Crippen LogP contribution in [0.2, 0.25) is 5.15 Å². The van der Waals surface area contributed by atoms with E-state index in [0.717, 1.165) is 11.1 Å². The second-order valence-electron chi connectivity index (χ2n) is 3.35. The third-order valence-corrected chi connectivity index (χ3v) is 2.37. The Kier molecular flexibility index (Phi) is 2.69. The van der Waals surface area contributed by atoms with Gasteiger partial charge in [-0.15, -0.1) is 0 Å². The Hall–Kier alpha value is -1.41. The van der Waals surface area contributed by atoms with Crippen molar-refractivity contribution >= 4 is 11.6 Å². The molecule has 0 unspecified atom stereocenters. The summed E-state index contributed by atoms with van der Waals surface area (Å²) in [5.41, 5.74) is 2.19. The molecule has 1 aromatic heterocycles. The summed E-state index contributed by atoms with van der Waals surface area (Å²) in [6, 6.07) is 8.50. The maximum Gasteiger partial charge on any atom is 0.131 e. The van der Waals surface area contributed by atoms with Gasteiger partial charge in [-0.1, -0.05) is 23.7 Å². The number of rotatable bonds is 1. The molecule has 0 radical (unpaired) electrons. The molecular formula is C12H9ClFN. The van der Waals surface area contributed by atoms with Crippen LogP contribution in [0.3, 0.4) is 0 Å². The first kappa shape index (κ1) is 10.1. The highest BCUT2D eigenvalue weighted by atomic mass is 35.5. The predicted molar refractivity (Wildman–Crippen MR) is 59.4 cm³/mol. The van der Waals surface area contributed by atoms with Crippen LogP contribution in [0.4, 0.5) is 4.39 Å². The SMILES string of the molecule is Cc1ccc(-c2ccnc(Cl)c2)c(F)c1. The molecule has 0 saturated heterocycles. The Labute approximate surface area is 92.5 Å². The van der Waals surface area contributed by atoms with Crippen molar-refractivity contribution in [2.75, 3.05) is 0 Å². The number of aryl methyl sites for hydroxylation is 1. The number of halogens is 2. The number of hydrogen-bond acceptors (Lipinski definition) is 1. The van der Waals surface area contributed by atoms with E-state index < -0.39 is 0 Å². The lowest BCUT2D eigenvalue weighted by molar-refractivity contribution is 0.630. The van der Waals surface area contributed by atoms with Crippen LogP contribution in [0, 0.1) is 12.7 Å². The Balaban J connectivity index is 2.54. The molecule has 0 spiro atoms. The molecule has 0 aliphatic heterocycles. The number of hydrogen-bond donors (Lipinski definition) is 0. The first-order valence-electron chi connectivity index (χ1n) is 4.55. The van der Waals surface area contributed by atoms with Crippen molar-refractivity contribution in [1.29, 1.82) is 0 Å². The second kappa shape index (κ2) is 3.99. The molecule has 0 amide bonds. The first-order chi connectivity index (χ1) is 7.16. The standard InChI is InChI=1S/C12H9ClFN/c1-8-2-3-10(11(14)6-8)9-4-5-15-12(13)7-9/h2-7H,1H3.